The highest BCUT2D eigenvalue weighted by molar-refractivity contribution is 5.78. The number of carboxylic acids is 1. The average Bonchev–Trinajstić information content (AvgIpc) is 3.11. The Hall–Kier alpha value is -3.58. The van der Waals surface area contributed by atoms with Gasteiger partial charge in [-0.15, -0.1) is 0 Å². The topological polar surface area (TPSA) is 101 Å². The number of aromatic nitrogens is 1. The minimum atomic E-state index is -1.05. The van der Waals surface area contributed by atoms with Crippen LogP contribution in [0.4, 0.5) is 11.4 Å². The van der Waals surface area contributed by atoms with Crippen molar-refractivity contribution in [3.05, 3.63) is 82.2 Å². The van der Waals surface area contributed by atoms with Crippen molar-refractivity contribution >= 4 is 17.3 Å². The number of anilines is 2. The van der Waals surface area contributed by atoms with Crippen LogP contribution < -0.4 is 15.8 Å². The highest BCUT2D eigenvalue weighted by Crippen LogP contribution is 2.45. The highest BCUT2D eigenvalue weighted by atomic mass is 16.5. The number of carbonyl (C=O) groups is 1. The Balaban J connectivity index is 0.00000195. The van der Waals surface area contributed by atoms with Gasteiger partial charge in [0.1, 0.15) is 12.4 Å². The molecule has 2 heterocycles. The minimum Gasteiger partial charge on any atom is -0.490 e. The summed E-state index contributed by atoms with van der Waals surface area (Å²) in [5.74, 6) is -0.381. The molecule has 0 bridgehead atoms. The zero-order valence-electron chi connectivity index (χ0n) is 23.8. The van der Waals surface area contributed by atoms with Crippen LogP contribution in [0.15, 0.2) is 48.8 Å². The van der Waals surface area contributed by atoms with E-state index in [1.165, 1.54) is 11.1 Å². The summed E-state index contributed by atoms with van der Waals surface area (Å²) >= 11 is 0. The number of fused-ring (bicyclic) bond motifs is 1. The first-order valence-corrected chi connectivity index (χ1v) is 13.3. The molecule has 0 spiro atoms. The number of aryl methyl sites for hydroxylation is 1. The van der Waals surface area contributed by atoms with Crippen LogP contribution in [0, 0.1) is 19.3 Å². The van der Waals surface area contributed by atoms with Crippen molar-refractivity contribution in [3.63, 3.8) is 0 Å². The molecule has 0 aliphatic carbocycles. The van der Waals surface area contributed by atoms with E-state index in [-0.39, 0.29) is 5.92 Å². The normalized spacial score (nSPS) is 14.3. The molecular formula is C31H42N4O3. The number of hydrogen-bond donors (Lipinski definition) is 3. The first-order chi connectivity index (χ1) is 18.1. The Kier molecular flexibility index (Phi) is 9.39. The second-order valence-corrected chi connectivity index (χ2v) is 10.2. The Morgan fingerprint density at radius 3 is 2.63 bits per heavy atom. The van der Waals surface area contributed by atoms with Crippen molar-refractivity contribution in [1.82, 2.24) is 9.88 Å². The molecule has 0 radical (unpaired) electrons. The zero-order chi connectivity index (χ0) is 28.0. The van der Waals surface area contributed by atoms with Gasteiger partial charge in [-0.3, -0.25) is 14.7 Å². The maximum Gasteiger partial charge on any atom is 0.310 e. The zero-order valence-corrected chi connectivity index (χ0v) is 23.8. The molecule has 2 aromatic carbocycles. The van der Waals surface area contributed by atoms with E-state index in [9.17, 15) is 9.90 Å². The molecule has 1 aromatic heterocycles. The number of pyridine rings is 1. The molecule has 0 fully saturated rings. The van der Waals surface area contributed by atoms with Gasteiger partial charge in [0.05, 0.1) is 23.0 Å². The van der Waals surface area contributed by atoms with Crippen molar-refractivity contribution in [2.75, 3.05) is 31.2 Å². The Morgan fingerprint density at radius 1 is 1.21 bits per heavy atom. The molecule has 1 unspecified atom stereocenters. The summed E-state index contributed by atoms with van der Waals surface area (Å²) in [5, 5.41) is 13.4. The quantitative estimate of drug-likeness (QED) is 0.331. The van der Waals surface area contributed by atoms with Crippen molar-refractivity contribution < 1.29 is 14.6 Å². The number of benzene rings is 2. The van der Waals surface area contributed by atoms with E-state index in [1.54, 1.807) is 26.2 Å². The third-order valence-electron chi connectivity index (χ3n) is 7.44. The molecule has 204 valence electrons. The molecule has 1 aliphatic rings. The lowest BCUT2D eigenvalue weighted by Crippen LogP contribution is -2.33. The van der Waals surface area contributed by atoms with Crippen LogP contribution in [-0.4, -0.2) is 41.2 Å². The summed E-state index contributed by atoms with van der Waals surface area (Å²) in [6, 6.07) is 12.3. The standard InChI is InChI=1S/C29H36N4O3.C2H6/c1-18-6-7-20(14-22(18)17-33-12-13-36-25-15-32-11-10-21(25)16-33)26(29(3,4)28(34)35)23-8-9-24(31-5)27(30)19(23)2;1-2/h6-11,14-15,26,31H,12-13,16-17,30H2,1-5H3,(H,34,35);1-2H3. The second-order valence-electron chi connectivity index (χ2n) is 10.2. The lowest BCUT2D eigenvalue weighted by molar-refractivity contribution is -0.147. The van der Waals surface area contributed by atoms with E-state index < -0.39 is 11.4 Å². The first kappa shape index (κ1) is 29.0. The van der Waals surface area contributed by atoms with Gasteiger partial charge in [0.2, 0.25) is 0 Å². The minimum absolute atomic E-state index is 0.373. The number of hydrogen-bond acceptors (Lipinski definition) is 6. The number of ether oxygens (including phenoxy) is 1. The molecule has 0 saturated heterocycles. The summed E-state index contributed by atoms with van der Waals surface area (Å²) in [5.41, 5.74) is 13.1. The van der Waals surface area contributed by atoms with Gasteiger partial charge in [-0.25, -0.2) is 0 Å². The van der Waals surface area contributed by atoms with Gasteiger partial charge in [0.15, 0.2) is 0 Å². The number of nitrogens with zero attached hydrogens (tertiary/aromatic N) is 2. The van der Waals surface area contributed by atoms with Gasteiger partial charge in [-0.2, -0.15) is 0 Å². The maximum absolute atomic E-state index is 12.5. The summed E-state index contributed by atoms with van der Waals surface area (Å²) in [7, 11) is 1.83. The van der Waals surface area contributed by atoms with E-state index in [2.05, 4.69) is 40.3 Å². The highest BCUT2D eigenvalue weighted by Gasteiger charge is 2.40. The molecule has 3 aromatic rings. The van der Waals surface area contributed by atoms with Crippen LogP contribution >= 0.6 is 0 Å². The number of nitrogen functional groups attached to an aromatic ring is 1. The molecule has 0 saturated carbocycles. The van der Waals surface area contributed by atoms with Gasteiger partial charge in [0, 0.05) is 44.4 Å². The molecule has 1 aliphatic heterocycles. The van der Waals surface area contributed by atoms with E-state index in [0.717, 1.165) is 53.3 Å². The first-order valence-electron chi connectivity index (χ1n) is 13.3. The van der Waals surface area contributed by atoms with Gasteiger partial charge < -0.3 is 20.9 Å². The Morgan fingerprint density at radius 2 is 1.95 bits per heavy atom. The smallest absolute Gasteiger partial charge is 0.310 e. The molecule has 7 nitrogen and oxygen atoms in total. The monoisotopic (exact) mass is 518 g/mol. The molecule has 38 heavy (non-hydrogen) atoms. The van der Waals surface area contributed by atoms with Crippen molar-refractivity contribution in [1.29, 1.82) is 0 Å². The van der Waals surface area contributed by atoms with E-state index in [1.807, 2.05) is 46.0 Å². The SMILES string of the molecule is CC.CNc1ccc(C(c2ccc(C)c(CN3CCOc4cnccc4C3)c2)C(C)(C)C(=O)O)c(C)c1N. The molecular weight excluding hydrogens is 476 g/mol. The predicted octanol–water partition coefficient (Wildman–Crippen LogP) is 5.99. The fourth-order valence-electron chi connectivity index (χ4n) is 5.08. The van der Waals surface area contributed by atoms with Crippen LogP contribution in [-0.2, 0) is 17.9 Å². The summed E-state index contributed by atoms with van der Waals surface area (Å²) < 4.78 is 5.89. The van der Waals surface area contributed by atoms with Gasteiger partial charge in [-0.1, -0.05) is 38.1 Å². The molecule has 4 N–H and O–H groups in total. The molecule has 4 rings (SSSR count). The number of rotatable bonds is 7. The molecule has 7 heteroatoms. The lowest BCUT2D eigenvalue weighted by Gasteiger charge is -2.34. The summed E-state index contributed by atoms with van der Waals surface area (Å²) in [6.07, 6.45) is 3.57. The number of carboxylic acid groups (broad SMARTS) is 1. The lowest BCUT2D eigenvalue weighted by atomic mass is 9.69. The summed E-state index contributed by atoms with van der Waals surface area (Å²) in [4.78, 5) is 19.0. The van der Waals surface area contributed by atoms with Crippen molar-refractivity contribution in [3.8, 4) is 5.75 Å². The number of nitrogens with two attached hydrogens (primary N) is 1. The third-order valence-corrected chi connectivity index (χ3v) is 7.44. The largest absolute Gasteiger partial charge is 0.490 e. The fourth-order valence-corrected chi connectivity index (χ4v) is 5.08. The molecule has 1 atom stereocenters. The van der Waals surface area contributed by atoms with Gasteiger partial charge >= 0.3 is 5.97 Å². The average molecular weight is 519 g/mol. The Bertz CT molecular complexity index is 1270. The fraction of sp³-hybridized carbons (Fsp3) is 0.419. The van der Waals surface area contributed by atoms with Crippen LogP contribution in [0.3, 0.4) is 0 Å². The second kappa shape index (κ2) is 12.3. The number of nitrogens with one attached hydrogen (secondary N) is 1. The van der Waals surface area contributed by atoms with Crippen LogP contribution in [0.5, 0.6) is 5.75 Å². The predicted molar refractivity (Wildman–Crippen MR) is 155 cm³/mol. The van der Waals surface area contributed by atoms with Gasteiger partial charge in [-0.05, 0) is 67.6 Å². The van der Waals surface area contributed by atoms with Crippen LogP contribution in [0.1, 0.15) is 67.0 Å². The van der Waals surface area contributed by atoms with Crippen molar-refractivity contribution in [2.24, 2.45) is 5.41 Å². The number of aliphatic carboxylic acids is 1. The van der Waals surface area contributed by atoms with Crippen LogP contribution in [0.2, 0.25) is 0 Å². The molecule has 0 amide bonds. The van der Waals surface area contributed by atoms with E-state index in [4.69, 9.17) is 10.5 Å². The maximum atomic E-state index is 12.5. The Labute approximate surface area is 227 Å². The van der Waals surface area contributed by atoms with Gasteiger partial charge in [0.25, 0.3) is 0 Å². The van der Waals surface area contributed by atoms with Crippen molar-refractivity contribution in [2.45, 2.75) is 60.5 Å². The van der Waals surface area contributed by atoms with E-state index >= 15 is 0 Å². The summed E-state index contributed by atoms with van der Waals surface area (Å²) in [6.45, 7) is 14.6. The van der Waals surface area contributed by atoms with E-state index in [0.29, 0.717) is 12.3 Å². The van der Waals surface area contributed by atoms with Crippen LogP contribution in [0.25, 0.3) is 0 Å². The third kappa shape index (κ3) is 5.94.